The predicted octanol–water partition coefficient (Wildman–Crippen LogP) is 2.93. The molecule has 1 heterocycles. The van der Waals surface area contributed by atoms with E-state index in [1.165, 1.54) is 12.3 Å². The summed E-state index contributed by atoms with van der Waals surface area (Å²) in [6.07, 6.45) is 2.28. The van der Waals surface area contributed by atoms with Gasteiger partial charge in [-0.25, -0.2) is 9.78 Å². The van der Waals surface area contributed by atoms with Crippen LogP contribution in [0.5, 0.6) is 0 Å². The van der Waals surface area contributed by atoms with Gasteiger partial charge < -0.3 is 16.2 Å². The Labute approximate surface area is 117 Å². The summed E-state index contributed by atoms with van der Waals surface area (Å²) >= 11 is 0. The summed E-state index contributed by atoms with van der Waals surface area (Å²) in [4.78, 5) is 15.2. The van der Waals surface area contributed by atoms with Crippen molar-refractivity contribution in [2.45, 2.75) is 19.4 Å². The Morgan fingerprint density at radius 2 is 2.05 bits per heavy atom. The van der Waals surface area contributed by atoms with E-state index in [0.717, 1.165) is 12.0 Å². The second-order valence-electron chi connectivity index (χ2n) is 4.44. The van der Waals surface area contributed by atoms with Gasteiger partial charge in [0.25, 0.3) is 0 Å². The van der Waals surface area contributed by atoms with Crippen LogP contribution in [-0.4, -0.2) is 16.1 Å². The lowest BCUT2D eigenvalue weighted by atomic mass is 10.0. The number of hydrogen-bond acceptors (Lipinski definition) is 4. The van der Waals surface area contributed by atoms with E-state index in [4.69, 9.17) is 10.8 Å². The Balaban J connectivity index is 2.29. The normalized spacial score (nSPS) is 11.8. The van der Waals surface area contributed by atoms with Gasteiger partial charge >= 0.3 is 5.97 Å². The number of aromatic nitrogens is 1. The van der Waals surface area contributed by atoms with Crippen LogP contribution >= 0.6 is 0 Å². The molecule has 0 aliphatic rings. The SMILES string of the molecule is CCC(Nc1nccc(C(=O)O)c1N)c1ccccc1. The van der Waals surface area contributed by atoms with Crippen LogP contribution in [0, 0.1) is 0 Å². The molecule has 104 valence electrons. The van der Waals surface area contributed by atoms with Crippen LogP contribution in [0.1, 0.15) is 35.3 Å². The summed E-state index contributed by atoms with van der Waals surface area (Å²) in [5.74, 6) is -0.652. The summed E-state index contributed by atoms with van der Waals surface area (Å²) in [6, 6.07) is 11.3. The molecule has 0 fully saturated rings. The number of pyridine rings is 1. The van der Waals surface area contributed by atoms with Crippen molar-refractivity contribution in [3.63, 3.8) is 0 Å². The molecule has 0 amide bonds. The van der Waals surface area contributed by atoms with Gasteiger partial charge in [-0.1, -0.05) is 37.3 Å². The van der Waals surface area contributed by atoms with Gasteiger partial charge in [-0.15, -0.1) is 0 Å². The van der Waals surface area contributed by atoms with Crippen molar-refractivity contribution in [3.8, 4) is 0 Å². The Kier molecular flexibility index (Phi) is 4.20. The van der Waals surface area contributed by atoms with E-state index in [0.29, 0.717) is 5.82 Å². The van der Waals surface area contributed by atoms with Crippen molar-refractivity contribution in [1.82, 2.24) is 4.98 Å². The molecule has 0 aliphatic carbocycles. The zero-order valence-electron chi connectivity index (χ0n) is 11.2. The maximum absolute atomic E-state index is 11.1. The minimum atomic E-state index is -1.05. The molecule has 0 aliphatic heterocycles. The Hall–Kier alpha value is -2.56. The van der Waals surface area contributed by atoms with E-state index < -0.39 is 5.97 Å². The van der Waals surface area contributed by atoms with Gasteiger partial charge in [0.1, 0.15) is 0 Å². The van der Waals surface area contributed by atoms with Gasteiger partial charge in [0.05, 0.1) is 17.3 Å². The van der Waals surface area contributed by atoms with Crippen LogP contribution in [0.2, 0.25) is 0 Å². The number of rotatable bonds is 5. The number of carbonyl (C=O) groups is 1. The number of carboxylic acids is 1. The van der Waals surface area contributed by atoms with Crippen LogP contribution in [-0.2, 0) is 0 Å². The number of aromatic carboxylic acids is 1. The third-order valence-corrected chi connectivity index (χ3v) is 3.14. The Morgan fingerprint density at radius 1 is 1.35 bits per heavy atom. The van der Waals surface area contributed by atoms with Crippen molar-refractivity contribution in [3.05, 3.63) is 53.7 Å². The average Bonchev–Trinajstić information content (AvgIpc) is 2.47. The van der Waals surface area contributed by atoms with Crippen molar-refractivity contribution < 1.29 is 9.90 Å². The molecule has 20 heavy (non-hydrogen) atoms. The van der Waals surface area contributed by atoms with Gasteiger partial charge in [-0.2, -0.15) is 0 Å². The van der Waals surface area contributed by atoms with Gasteiger partial charge in [-0.05, 0) is 18.1 Å². The summed E-state index contributed by atoms with van der Waals surface area (Å²) in [5.41, 5.74) is 7.19. The van der Waals surface area contributed by atoms with Crippen LogP contribution in [0.3, 0.4) is 0 Å². The number of hydrogen-bond donors (Lipinski definition) is 3. The first-order chi connectivity index (χ1) is 9.63. The van der Waals surface area contributed by atoms with E-state index in [1.54, 1.807) is 0 Å². The summed E-state index contributed by atoms with van der Waals surface area (Å²) in [6.45, 7) is 2.04. The summed E-state index contributed by atoms with van der Waals surface area (Å²) in [7, 11) is 0. The summed E-state index contributed by atoms with van der Waals surface area (Å²) in [5, 5.41) is 12.3. The molecule has 0 radical (unpaired) electrons. The minimum Gasteiger partial charge on any atom is -0.478 e. The summed E-state index contributed by atoms with van der Waals surface area (Å²) < 4.78 is 0. The number of anilines is 2. The largest absolute Gasteiger partial charge is 0.478 e. The Morgan fingerprint density at radius 3 is 2.65 bits per heavy atom. The lowest BCUT2D eigenvalue weighted by Crippen LogP contribution is -2.14. The lowest BCUT2D eigenvalue weighted by molar-refractivity contribution is 0.0698. The fraction of sp³-hybridized carbons (Fsp3) is 0.200. The molecule has 0 saturated heterocycles. The highest BCUT2D eigenvalue weighted by molar-refractivity contribution is 5.96. The smallest absolute Gasteiger partial charge is 0.337 e. The number of nitrogen functional groups attached to an aromatic ring is 1. The van der Waals surface area contributed by atoms with E-state index in [-0.39, 0.29) is 17.3 Å². The predicted molar refractivity (Wildman–Crippen MR) is 78.7 cm³/mol. The topological polar surface area (TPSA) is 88.2 Å². The van der Waals surface area contributed by atoms with Crippen molar-refractivity contribution in [2.24, 2.45) is 0 Å². The average molecular weight is 271 g/mol. The first-order valence-corrected chi connectivity index (χ1v) is 6.42. The maximum atomic E-state index is 11.1. The van der Waals surface area contributed by atoms with Crippen LogP contribution < -0.4 is 11.1 Å². The van der Waals surface area contributed by atoms with Crippen LogP contribution in [0.15, 0.2) is 42.6 Å². The van der Waals surface area contributed by atoms with E-state index in [2.05, 4.69) is 10.3 Å². The molecular formula is C15H17N3O2. The van der Waals surface area contributed by atoms with Gasteiger partial charge in [0.2, 0.25) is 0 Å². The van der Waals surface area contributed by atoms with Gasteiger partial charge in [0.15, 0.2) is 5.82 Å². The fourth-order valence-electron chi connectivity index (χ4n) is 2.05. The third kappa shape index (κ3) is 2.88. The van der Waals surface area contributed by atoms with Crippen LogP contribution in [0.25, 0.3) is 0 Å². The van der Waals surface area contributed by atoms with Crippen molar-refractivity contribution in [2.75, 3.05) is 11.1 Å². The molecular weight excluding hydrogens is 254 g/mol. The van der Waals surface area contributed by atoms with E-state index in [1.807, 2.05) is 37.3 Å². The quantitative estimate of drug-likeness (QED) is 0.778. The highest BCUT2D eigenvalue weighted by atomic mass is 16.4. The molecule has 4 N–H and O–H groups in total. The van der Waals surface area contributed by atoms with Gasteiger partial charge in [0, 0.05) is 6.20 Å². The zero-order chi connectivity index (χ0) is 14.5. The molecule has 0 bridgehead atoms. The Bertz CT molecular complexity index is 599. The molecule has 2 rings (SSSR count). The molecule has 1 aromatic carbocycles. The number of benzene rings is 1. The molecule has 0 spiro atoms. The van der Waals surface area contributed by atoms with Crippen LogP contribution in [0.4, 0.5) is 11.5 Å². The number of nitrogens with one attached hydrogen (secondary N) is 1. The standard InChI is InChI=1S/C15H17N3O2/c1-2-12(10-6-4-3-5-7-10)18-14-13(16)11(15(19)20)8-9-17-14/h3-9,12H,2,16H2,1H3,(H,17,18)(H,19,20). The molecule has 1 atom stereocenters. The fourth-order valence-corrected chi connectivity index (χ4v) is 2.05. The first-order valence-electron chi connectivity index (χ1n) is 6.42. The minimum absolute atomic E-state index is 0.0371. The number of nitrogens with two attached hydrogens (primary N) is 1. The van der Waals surface area contributed by atoms with Crippen molar-refractivity contribution in [1.29, 1.82) is 0 Å². The number of nitrogens with zero attached hydrogens (tertiary/aromatic N) is 1. The second-order valence-corrected chi connectivity index (χ2v) is 4.44. The van der Waals surface area contributed by atoms with Crippen molar-refractivity contribution >= 4 is 17.5 Å². The molecule has 5 nitrogen and oxygen atoms in total. The lowest BCUT2D eigenvalue weighted by Gasteiger charge is -2.19. The highest BCUT2D eigenvalue weighted by Crippen LogP contribution is 2.26. The highest BCUT2D eigenvalue weighted by Gasteiger charge is 2.15. The maximum Gasteiger partial charge on any atom is 0.337 e. The van der Waals surface area contributed by atoms with Gasteiger partial charge in [-0.3, -0.25) is 0 Å². The molecule has 5 heteroatoms. The molecule has 0 saturated carbocycles. The van der Waals surface area contributed by atoms with E-state index >= 15 is 0 Å². The third-order valence-electron chi connectivity index (χ3n) is 3.14. The van der Waals surface area contributed by atoms with E-state index in [9.17, 15) is 4.79 Å². The first kappa shape index (κ1) is 13.9. The molecule has 1 aromatic heterocycles. The monoisotopic (exact) mass is 271 g/mol. The molecule has 1 unspecified atom stereocenters. The second kappa shape index (κ2) is 6.06. The number of carboxylic acid groups (broad SMARTS) is 1. The zero-order valence-corrected chi connectivity index (χ0v) is 11.2. The molecule has 2 aromatic rings.